The van der Waals surface area contributed by atoms with E-state index in [9.17, 15) is 0 Å². The van der Waals surface area contributed by atoms with Crippen LogP contribution in [0.25, 0.3) is 0 Å². The Bertz CT molecular complexity index is 389. The fraction of sp³-hybridized carbons (Fsp3) is 0.692. The third kappa shape index (κ3) is 1.77. The van der Waals surface area contributed by atoms with Crippen LogP contribution in [0.3, 0.4) is 0 Å². The van der Waals surface area contributed by atoms with Crippen molar-refractivity contribution in [3.8, 4) is 0 Å². The molecule has 2 aliphatic rings. The van der Waals surface area contributed by atoms with Crippen LogP contribution in [0.4, 0.5) is 0 Å². The molecule has 0 aromatic carbocycles. The molecule has 0 bridgehead atoms. The van der Waals surface area contributed by atoms with Gasteiger partial charge in [0, 0.05) is 10.9 Å². The summed E-state index contributed by atoms with van der Waals surface area (Å²) >= 11 is 5.37. The van der Waals surface area contributed by atoms with Crippen LogP contribution in [0.5, 0.6) is 0 Å². The van der Waals surface area contributed by atoms with Gasteiger partial charge in [0.25, 0.3) is 0 Å². The summed E-state index contributed by atoms with van der Waals surface area (Å²) in [5.41, 5.74) is 7.85. The van der Waals surface area contributed by atoms with Crippen LogP contribution in [0.15, 0.2) is 9.85 Å². The molecule has 3 unspecified atom stereocenters. The van der Waals surface area contributed by atoms with Gasteiger partial charge in [0.2, 0.25) is 0 Å². The Kier molecular flexibility index (Phi) is 2.89. The third-order valence-corrected chi connectivity index (χ3v) is 5.99. The molecule has 1 heterocycles. The lowest BCUT2D eigenvalue weighted by Gasteiger charge is -2.11. The molecule has 0 radical (unpaired) electrons. The van der Waals surface area contributed by atoms with Gasteiger partial charge < -0.3 is 5.73 Å². The van der Waals surface area contributed by atoms with Crippen LogP contribution in [0.1, 0.15) is 42.2 Å². The summed E-state index contributed by atoms with van der Waals surface area (Å²) in [4.78, 5) is 1.39. The molecule has 0 amide bonds. The normalized spacial score (nSPS) is 34.6. The molecule has 0 aliphatic heterocycles. The van der Waals surface area contributed by atoms with Crippen molar-refractivity contribution in [3.05, 3.63) is 20.3 Å². The van der Waals surface area contributed by atoms with Gasteiger partial charge in [-0.1, -0.05) is 12.8 Å². The number of halogens is 1. The van der Waals surface area contributed by atoms with Crippen molar-refractivity contribution >= 4 is 27.3 Å². The predicted octanol–water partition coefficient (Wildman–Crippen LogP) is 4.26. The number of hydrogen-bond acceptors (Lipinski definition) is 2. The second-order valence-electron chi connectivity index (χ2n) is 5.28. The predicted molar refractivity (Wildman–Crippen MR) is 72.6 cm³/mol. The summed E-state index contributed by atoms with van der Waals surface area (Å²) in [6.45, 7) is 2.19. The molecule has 2 N–H and O–H groups in total. The molecule has 0 saturated heterocycles. The second kappa shape index (κ2) is 4.11. The highest BCUT2D eigenvalue weighted by Crippen LogP contribution is 2.60. The molecule has 88 valence electrons. The molecule has 2 saturated carbocycles. The average Bonchev–Trinajstić information content (AvgIpc) is 2.89. The number of nitrogens with two attached hydrogens (primary N) is 1. The Balaban J connectivity index is 1.78. The third-order valence-electron chi connectivity index (χ3n) is 4.42. The van der Waals surface area contributed by atoms with Gasteiger partial charge in [0.15, 0.2) is 0 Å². The number of thiophene rings is 1. The Morgan fingerprint density at radius 2 is 2.00 bits per heavy atom. The SMILES string of the molecule is Cc1sc(Br)cc1C(N)C1C2CCCCC21. The van der Waals surface area contributed by atoms with Crippen molar-refractivity contribution in [3.63, 3.8) is 0 Å². The molecule has 16 heavy (non-hydrogen) atoms. The molecule has 1 aromatic rings. The van der Waals surface area contributed by atoms with E-state index < -0.39 is 0 Å². The van der Waals surface area contributed by atoms with E-state index in [1.54, 1.807) is 0 Å². The van der Waals surface area contributed by atoms with E-state index in [2.05, 4.69) is 28.9 Å². The molecular formula is C13H18BrNS. The maximum absolute atomic E-state index is 6.46. The largest absolute Gasteiger partial charge is 0.324 e. The van der Waals surface area contributed by atoms with Gasteiger partial charge in [0.05, 0.1) is 3.79 Å². The van der Waals surface area contributed by atoms with E-state index in [0.29, 0.717) is 0 Å². The van der Waals surface area contributed by atoms with Crippen LogP contribution < -0.4 is 5.73 Å². The van der Waals surface area contributed by atoms with Gasteiger partial charge in [-0.05, 0) is 65.1 Å². The van der Waals surface area contributed by atoms with E-state index in [1.807, 2.05) is 11.3 Å². The van der Waals surface area contributed by atoms with E-state index >= 15 is 0 Å². The zero-order valence-corrected chi connectivity index (χ0v) is 12.0. The first-order chi connectivity index (χ1) is 7.68. The average molecular weight is 300 g/mol. The van der Waals surface area contributed by atoms with Crippen molar-refractivity contribution in [2.24, 2.45) is 23.5 Å². The van der Waals surface area contributed by atoms with Gasteiger partial charge in [-0.3, -0.25) is 0 Å². The fourth-order valence-electron chi connectivity index (χ4n) is 3.58. The standard InChI is InChI=1S/C13H18BrNS/c1-7-10(6-11(14)16-7)13(15)12-8-4-2-3-5-9(8)12/h6,8-9,12-13H,2-5,15H2,1H3. The highest BCUT2D eigenvalue weighted by Gasteiger charge is 2.53. The smallest absolute Gasteiger partial charge is 0.0704 e. The van der Waals surface area contributed by atoms with Crippen LogP contribution in [0.2, 0.25) is 0 Å². The molecule has 2 fully saturated rings. The Hall–Kier alpha value is 0.140. The first-order valence-electron chi connectivity index (χ1n) is 6.20. The minimum Gasteiger partial charge on any atom is -0.324 e. The summed E-state index contributed by atoms with van der Waals surface area (Å²) in [5, 5.41) is 0. The maximum Gasteiger partial charge on any atom is 0.0704 e. The van der Waals surface area contributed by atoms with Gasteiger partial charge in [0.1, 0.15) is 0 Å². The molecule has 1 aromatic heterocycles. The van der Waals surface area contributed by atoms with Crippen LogP contribution >= 0.6 is 27.3 Å². The molecule has 1 nitrogen and oxygen atoms in total. The lowest BCUT2D eigenvalue weighted by atomic mass is 10.0. The first kappa shape index (κ1) is 11.2. The Morgan fingerprint density at radius 1 is 1.38 bits per heavy atom. The van der Waals surface area contributed by atoms with Crippen molar-refractivity contribution in [1.82, 2.24) is 0 Å². The van der Waals surface area contributed by atoms with Crippen molar-refractivity contribution in [2.75, 3.05) is 0 Å². The van der Waals surface area contributed by atoms with Gasteiger partial charge in [-0.15, -0.1) is 11.3 Å². The molecule has 3 heteroatoms. The zero-order valence-electron chi connectivity index (χ0n) is 9.58. The van der Waals surface area contributed by atoms with E-state index in [1.165, 1.54) is 39.9 Å². The maximum atomic E-state index is 6.46. The lowest BCUT2D eigenvalue weighted by molar-refractivity contribution is 0.480. The van der Waals surface area contributed by atoms with E-state index in [-0.39, 0.29) is 6.04 Å². The van der Waals surface area contributed by atoms with Crippen LogP contribution in [-0.2, 0) is 0 Å². The van der Waals surface area contributed by atoms with E-state index in [4.69, 9.17) is 5.73 Å². The molecule has 3 rings (SSSR count). The van der Waals surface area contributed by atoms with Gasteiger partial charge in [-0.2, -0.15) is 0 Å². The minimum atomic E-state index is 0.288. The first-order valence-corrected chi connectivity index (χ1v) is 7.81. The minimum absolute atomic E-state index is 0.288. The topological polar surface area (TPSA) is 26.0 Å². The van der Waals surface area contributed by atoms with Crippen molar-refractivity contribution < 1.29 is 0 Å². The number of hydrogen-bond donors (Lipinski definition) is 1. The summed E-state index contributed by atoms with van der Waals surface area (Å²) in [6.07, 6.45) is 5.70. The highest BCUT2D eigenvalue weighted by atomic mass is 79.9. The van der Waals surface area contributed by atoms with Crippen molar-refractivity contribution in [1.29, 1.82) is 0 Å². The summed E-state index contributed by atoms with van der Waals surface area (Å²) in [5.74, 6) is 2.67. The Labute approximate surface area is 110 Å². The van der Waals surface area contributed by atoms with E-state index in [0.717, 1.165) is 17.8 Å². The fourth-order valence-corrected chi connectivity index (χ4v) is 5.34. The van der Waals surface area contributed by atoms with Crippen LogP contribution in [0, 0.1) is 24.7 Å². The monoisotopic (exact) mass is 299 g/mol. The number of rotatable bonds is 2. The zero-order chi connectivity index (χ0) is 11.3. The van der Waals surface area contributed by atoms with Gasteiger partial charge in [-0.25, -0.2) is 0 Å². The molecule has 2 aliphatic carbocycles. The molecule has 0 spiro atoms. The molecular weight excluding hydrogens is 282 g/mol. The Morgan fingerprint density at radius 3 is 2.50 bits per heavy atom. The second-order valence-corrected chi connectivity index (χ2v) is 7.91. The lowest BCUT2D eigenvalue weighted by Crippen LogP contribution is -2.14. The number of aryl methyl sites for hydroxylation is 1. The number of fused-ring (bicyclic) bond motifs is 1. The highest BCUT2D eigenvalue weighted by molar-refractivity contribution is 9.11. The van der Waals surface area contributed by atoms with Crippen LogP contribution in [-0.4, -0.2) is 0 Å². The van der Waals surface area contributed by atoms with Crippen molar-refractivity contribution in [2.45, 2.75) is 38.6 Å². The van der Waals surface area contributed by atoms with Gasteiger partial charge >= 0.3 is 0 Å². The quantitative estimate of drug-likeness (QED) is 0.868. The summed E-state index contributed by atoms with van der Waals surface area (Å²) in [6, 6.07) is 2.52. The summed E-state index contributed by atoms with van der Waals surface area (Å²) in [7, 11) is 0. The summed E-state index contributed by atoms with van der Waals surface area (Å²) < 4.78 is 1.22. The molecule has 3 atom stereocenters.